The van der Waals surface area contributed by atoms with Crippen LogP contribution in [0.3, 0.4) is 0 Å². The van der Waals surface area contributed by atoms with Gasteiger partial charge in [0, 0.05) is 16.8 Å². The first kappa shape index (κ1) is 17.7. The van der Waals surface area contributed by atoms with Gasteiger partial charge in [-0.05, 0) is 71.2 Å². The van der Waals surface area contributed by atoms with E-state index in [4.69, 9.17) is 5.73 Å². The minimum Gasteiger partial charge on any atom is -0.370 e. The first-order valence-electron chi connectivity index (χ1n) is 7.95. The van der Waals surface area contributed by atoms with Crippen LogP contribution in [0.1, 0.15) is 47.0 Å². The van der Waals surface area contributed by atoms with E-state index >= 15 is 0 Å². The Morgan fingerprint density at radius 3 is 2.48 bits per heavy atom. The Morgan fingerprint density at radius 2 is 1.87 bits per heavy atom. The molecule has 1 aliphatic rings. The van der Waals surface area contributed by atoms with Crippen LogP contribution in [0.4, 0.5) is 10.1 Å². The predicted molar refractivity (Wildman–Crippen MR) is 91.1 cm³/mol. The molecule has 6 heteroatoms. The number of hydrogen-bond donors (Lipinski definition) is 3. The Kier molecular flexibility index (Phi) is 4.96. The minimum absolute atomic E-state index is 0.0226. The Hall–Kier alpha value is -1.66. The maximum atomic E-state index is 12.9. The molecule has 128 valence electrons. The van der Waals surface area contributed by atoms with Gasteiger partial charge in [-0.2, -0.15) is 5.06 Å². The van der Waals surface area contributed by atoms with Gasteiger partial charge in [-0.3, -0.25) is 0 Å². The van der Waals surface area contributed by atoms with Crippen molar-refractivity contribution in [2.75, 3.05) is 5.32 Å². The highest BCUT2D eigenvalue weighted by molar-refractivity contribution is 5.92. The number of benzene rings is 1. The smallest absolute Gasteiger partial charge is 0.193 e. The van der Waals surface area contributed by atoms with Crippen molar-refractivity contribution in [2.24, 2.45) is 10.7 Å². The summed E-state index contributed by atoms with van der Waals surface area (Å²) < 4.78 is 12.9. The van der Waals surface area contributed by atoms with Crippen LogP contribution in [0, 0.1) is 5.82 Å². The summed E-state index contributed by atoms with van der Waals surface area (Å²) in [6.07, 6.45) is 2.38. The van der Waals surface area contributed by atoms with E-state index in [9.17, 15) is 9.60 Å². The lowest BCUT2D eigenvalue weighted by Crippen LogP contribution is -2.52. The van der Waals surface area contributed by atoms with Gasteiger partial charge in [-0.25, -0.2) is 9.38 Å². The summed E-state index contributed by atoms with van der Waals surface area (Å²) in [5, 5.41) is 14.9. The molecule has 0 radical (unpaired) electrons. The highest BCUT2D eigenvalue weighted by Crippen LogP contribution is 2.36. The van der Waals surface area contributed by atoms with Crippen molar-refractivity contribution in [3.8, 4) is 0 Å². The fraction of sp³-hybridized carbons (Fsp3) is 0.588. The second kappa shape index (κ2) is 6.45. The SMILES string of the molecule is CC1(C)CCC(N=C(N)Nc2ccc(F)cc2)CC(C)(C)N1O. The largest absolute Gasteiger partial charge is 0.370 e. The van der Waals surface area contributed by atoms with E-state index < -0.39 is 0 Å². The molecule has 1 saturated heterocycles. The number of anilines is 1. The zero-order valence-corrected chi connectivity index (χ0v) is 14.3. The normalized spacial score (nSPS) is 25.0. The first-order chi connectivity index (χ1) is 10.6. The number of nitrogens with two attached hydrogens (primary N) is 1. The Labute approximate surface area is 137 Å². The van der Waals surface area contributed by atoms with Gasteiger partial charge in [-0.15, -0.1) is 0 Å². The number of guanidine groups is 1. The Balaban J connectivity index is 2.10. The lowest BCUT2D eigenvalue weighted by atomic mass is 9.94. The quantitative estimate of drug-likeness (QED) is 0.576. The molecular formula is C17H27FN4O. The maximum Gasteiger partial charge on any atom is 0.193 e. The number of halogens is 1. The lowest BCUT2D eigenvalue weighted by Gasteiger charge is -2.42. The van der Waals surface area contributed by atoms with Crippen molar-refractivity contribution in [1.82, 2.24) is 5.06 Å². The van der Waals surface area contributed by atoms with Crippen LogP contribution in [-0.4, -0.2) is 33.3 Å². The molecule has 1 atom stereocenters. The zero-order valence-electron chi connectivity index (χ0n) is 14.3. The summed E-state index contributed by atoms with van der Waals surface area (Å²) in [6, 6.07) is 6.00. The molecule has 2 rings (SSSR count). The third kappa shape index (κ3) is 4.42. The van der Waals surface area contributed by atoms with E-state index in [1.165, 1.54) is 17.2 Å². The lowest BCUT2D eigenvalue weighted by molar-refractivity contribution is -0.221. The van der Waals surface area contributed by atoms with E-state index in [1.807, 2.05) is 27.7 Å². The molecule has 1 heterocycles. The van der Waals surface area contributed by atoms with E-state index in [-0.39, 0.29) is 22.9 Å². The van der Waals surface area contributed by atoms with Crippen molar-refractivity contribution in [3.63, 3.8) is 0 Å². The second-order valence-corrected chi connectivity index (χ2v) is 7.48. The molecule has 4 N–H and O–H groups in total. The monoisotopic (exact) mass is 322 g/mol. The highest BCUT2D eigenvalue weighted by Gasteiger charge is 2.41. The summed E-state index contributed by atoms with van der Waals surface area (Å²) in [4.78, 5) is 4.56. The van der Waals surface area contributed by atoms with Gasteiger partial charge in [0.15, 0.2) is 5.96 Å². The molecule has 1 aromatic carbocycles. The van der Waals surface area contributed by atoms with Gasteiger partial charge in [0.25, 0.3) is 0 Å². The van der Waals surface area contributed by atoms with E-state index in [0.717, 1.165) is 12.8 Å². The molecule has 1 aromatic rings. The molecule has 0 saturated carbocycles. The number of nitrogens with zero attached hydrogens (tertiary/aromatic N) is 2. The van der Waals surface area contributed by atoms with E-state index in [1.54, 1.807) is 12.1 Å². The Morgan fingerprint density at radius 1 is 1.26 bits per heavy atom. The number of hydroxylamine groups is 2. The molecule has 5 nitrogen and oxygen atoms in total. The molecule has 1 aliphatic heterocycles. The van der Waals surface area contributed by atoms with Gasteiger partial charge in [-0.1, -0.05) is 0 Å². The predicted octanol–water partition coefficient (Wildman–Crippen LogP) is 3.35. The van der Waals surface area contributed by atoms with Crippen molar-refractivity contribution in [1.29, 1.82) is 0 Å². The van der Waals surface area contributed by atoms with Crippen LogP contribution < -0.4 is 11.1 Å². The average molecular weight is 322 g/mol. The number of nitrogens with one attached hydrogen (secondary N) is 1. The Bertz CT molecular complexity index is 568. The summed E-state index contributed by atoms with van der Waals surface area (Å²) in [6.45, 7) is 8.07. The topological polar surface area (TPSA) is 73.9 Å². The second-order valence-electron chi connectivity index (χ2n) is 7.48. The fourth-order valence-corrected chi connectivity index (χ4v) is 3.23. The third-order valence-electron chi connectivity index (χ3n) is 4.41. The molecule has 0 aromatic heterocycles. The van der Waals surface area contributed by atoms with Gasteiger partial charge in [0.05, 0.1) is 6.04 Å². The minimum atomic E-state index is -0.385. The third-order valence-corrected chi connectivity index (χ3v) is 4.41. The molecule has 0 aliphatic carbocycles. The van der Waals surface area contributed by atoms with Gasteiger partial charge in [0.2, 0.25) is 0 Å². The fourth-order valence-electron chi connectivity index (χ4n) is 3.23. The van der Waals surface area contributed by atoms with Gasteiger partial charge in [0.1, 0.15) is 5.82 Å². The number of rotatable bonds is 2. The van der Waals surface area contributed by atoms with Crippen molar-refractivity contribution in [3.05, 3.63) is 30.1 Å². The van der Waals surface area contributed by atoms with Crippen LogP contribution in [0.2, 0.25) is 0 Å². The number of hydrogen-bond acceptors (Lipinski definition) is 3. The van der Waals surface area contributed by atoms with E-state index in [0.29, 0.717) is 18.1 Å². The van der Waals surface area contributed by atoms with Crippen molar-refractivity contribution in [2.45, 2.75) is 64.1 Å². The van der Waals surface area contributed by atoms with Crippen LogP contribution in [0.5, 0.6) is 0 Å². The van der Waals surface area contributed by atoms with Crippen molar-refractivity contribution < 1.29 is 9.60 Å². The summed E-state index contributed by atoms with van der Waals surface area (Å²) in [5.74, 6) is 0.0171. The summed E-state index contributed by atoms with van der Waals surface area (Å²) in [7, 11) is 0. The average Bonchev–Trinajstić information content (AvgIpc) is 2.52. The van der Waals surface area contributed by atoms with Gasteiger partial charge >= 0.3 is 0 Å². The molecule has 1 unspecified atom stereocenters. The summed E-state index contributed by atoms with van der Waals surface area (Å²) in [5.41, 5.74) is 6.00. The summed E-state index contributed by atoms with van der Waals surface area (Å²) >= 11 is 0. The zero-order chi connectivity index (χ0) is 17.3. The van der Waals surface area contributed by atoms with Crippen LogP contribution >= 0.6 is 0 Å². The maximum absolute atomic E-state index is 12.9. The number of aliphatic imine (C=N–C) groups is 1. The first-order valence-corrected chi connectivity index (χ1v) is 7.95. The molecule has 0 amide bonds. The molecule has 0 spiro atoms. The molecular weight excluding hydrogens is 295 g/mol. The van der Waals surface area contributed by atoms with Crippen LogP contribution in [-0.2, 0) is 0 Å². The molecule has 1 fully saturated rings. The highest BCUT2D eigenvalue weighted by atomic mass is 19.1. The molecule has 0 bridgehead atoms. The van der Waals surface area contributed by atoms with Gasteiger partial charge < -0.3 is 16.3 Å². The molecule has 23 heavy (non-hydrogen) atoms. The van der Waals surface area contributed by atoms with Crippen LogP contribution in [0.15, 0.2) is 29.3 Å². The van der Waals surface area contributed by atoms with Crippen molar-refractivity contribution >= 4 is 11.6 Å². The van der Waals surface area contributed by atoms with Crippen LogP contribution in [0.25, 0.3) is 0 Å². The standard InChI is InChI=1S/C17H27FN4O/c1-16(2)10-9-14(11-17(3,4)22(16)23)21-15(19)20-13-7-5-12(18)6-8-13/h5-8,14,23H,9-11H2,1-4H3,(H3,19,20,21). The van der Waals surface area contributed by atoms with E-state index in [2.05, 4.69) is 10.3 Å².